The van der Waals surface area contributed by atoms with Gasteiger partial charge in [-0.1, -0.05) is 23.4 Å². The van der Waals surface area contributed by atoms with E-state index in [9.17, 15) is 13.2 Å². The number of thiophene rings is 1. The van der Waals surface area contributed by atoms with Gasteiger partial charge in [-0.15, -0.1) is 11.3 Å². The second-order valence-corrected chi connectivity index (χ2v) is 11.1. The molecule has 0 bridgehead atoms. The molecule has 0 spiro atoms. The summed E-state index contributed by atoms with van der Waals surface area (Å²) in [6.07, 6.45) is 4.37. The molecule has 0 atom stereocenters. The van der Waals surface area contributed by atoms with Gasteiger partial charge in [-0.3, -0.25) is 4.79 Å². The smallest absolute Gasteiger partial charge is 0.248 e. The molecule has 9 heteroatoms. The summed E-state index contributed by atoms with van der Waals surface area (Å²) in [6.45, 7) is 6.15. The van der Waals surface area contributed by atoms with E-state index in [0.29, 0.717) is 18.5 Å². The molecule has 1 amide bonds. The van der Waals surface area contributed by atoms with Crippen LogP contribution in [0.5, 0.6) is 0 Å². The Morgan fingerprint density at radius 1 is 1.15 bits per heavy atom. The molecule has 7 nitrogen and oxygen atoms in total. The number of nitrogens with one attached hydrogen (secondary N) is 1. The molecule has 0 radical (unpaired) electrons. The van der Waals surface area contributed by atoms with Gasteiger partial charge in [-0.05, 0) is 74.4 Å². The fourth-order valence-electron chi connectivity index (χ4n) is 3.95. The number of nitrogens with zero attached hydrogens (tertiary/aromatic N) is 2. The summed E-state index contributed by atoms with van der Waals surface area (Å²) in [4.78, 5) is 13.9. The molecule has 0 aliphatic carbocycles. The summed E-state index contributed by atoms with van der Waals surface area (Å²) in [5, 5.41) is 8.85. The van der Waals surface area contributed by atoms with Gasteiger partial charge >= 0.3 is 0 Å². The average Bonchev–Trinajstić information content (AvgIpc) is 3.45. The third-order valence-corrected chi connectivity index (χ3v) is 8.96. The zero-order valence-electron chi connectivity index (χ0n) is 18.9. The van der Waals surface area contributed by atoms with Crippen molar-refractivity contribution in [3.8, 4) is 0 Å². The van der Waals surface area contributed by atoms with Gasteiger partial charge in [0.2, 0.25) is 15.9 Å². The monoisotopic (exact) mass is 485 g/mol. The van der Waals surface area contributed by atoms with Crippen molar-refractivity contribution in [1.82, 2.24) is 9.46 Å². The van der Waals surface area contributed by atoms with Crippen LogP contribution in [0, 0.1) is 26.7 Å². The average molecular weight is 486 g/mol. The minimum absolute atomic E-state index is 0.0681. The van der Waals surface area contributed by atoms with Crippen molar-refractivity contribution in [2.24, 2.45) is 5.92 Å². The Labute approximate surface area is 198 Å². The largest absolute Gasteiger partial charge is 0.355 e. The Hall–Kier alpha value is -2.75. The van der Waals surface area contributed by atoms with Crippen molar-refractivity contribution in [2.45, 2.75) is 38.5 Å². The van der Waals surface area contributed by atoms with Crippen LogP contribution in [0.4, 0.5) is 5.69 Å². The van der Waals surface area contributed by atoms with Crippen LogP contribution in [0.25, 0.3) is 12.2 Å². The highest BCUT2D eigenvalue weighted by atomic mass is 32.2. The van der Waals surface area contributed by atoms with Crippen LogP contribution in [-0.4, -0.2) is 36.9 Å². The summed E-state index contributed by atoms with van der Waals surface area (Å²) >= 11 is 1.55. The standard InChI is InChI=1S/C24H27N3O4S2/c1-16-6-4-8-21(17(16)2)25-24(28)19-11-13-27(14-12-19)33(29,30)23-18(3)26-31-22(23)10-9-20-7-5-15-32-20/h4-10,15,19H,11-14H2,1-3H3,(H,25,28). The lowest BCUT2D eigenvalue weighted by Gasteiger charge is -2.30. The van der Waals surface area contributed by atoms with Crippen LogP contribution in [0.1, 0.15) is 40.3 Å². The molecule has 1 N–H and O–H groups in total. The molecule has 1 saturated heterocycles. The molecule has 4 rings (SSSR count). The Bertz CT molecular complexity index is 1270. The first-order valence-electron chi connectivity index (χ1n) is 10.8. The van der Waals surface area contributed by atoms with E-state index in [1.54, 1.807) is 24.3 Å². The van der Waals surface area contributed by atoms with E-state index in [-0.39, 0.29) is 35.6 Å². The highest BCUT2D eigenvalue weighted by Crippen LogP contribution is 2.30. The lowest BCUT2D eigenvalue weighted by Crippen LogP contribution is -2.41. The predicted molar refractivity (Wildman–Crippen MR) is 131 cm³/mol. The molecule has 1 aliphatic heterocycles. The third kappa shape index (κ3) is 4.95. The fraction of sp³-hybridized carbons (Fsp3) is 0.333. The minimum Gasteiger partial charge on any atom is -0.355 e. The molecule has 3 aromatic rings. The van der Waals surface area contributed by atoms with Crippen molar-refractivity contribution in [2.75, 3.05) is 18.4 Å². The fourth-order valence-corrected chi connectivity index (χ4v) is 6.29. The van der Waals surface area contributed by atoms with E-state index < -0.39 is 10.0 Å². The van der Waals surface area contributed by atoms with E-state index >= 15 is 0 Å². The van der Waals surface area contributed by atoms with Gasteiger partial charge in [0.15, 0.2) is 10.7 Å². The van der Waals surface area contributed by atoms with Crippen LogP contribution in [0.3, 0.4) is 0 Å². The summed E-state index contributed by atoms with van der Waals surface area (Å²) in [5.74, 6) is -0.0877. The Morgan fingerprint density at radius 3 is 2.61 bits per heavy atom. The number of benzene rings is 1. The first-order valence-corrected chi connectivity index (χ1v) is 13.1. The number of piperidine rings is 1. The van der Waals surface area contributed by atoms with E-state index in [4.69, 9.17) is 4.52 Å². The van der Waals surface area contributed by atoms with Gasteiger partial charge in [0.05, 0.1) is 0 Å². The molecule has 0 saturated carbocycles. The minimum atomic E-state index is -3.79. The highest BCUT2D eigenvalue weighted by molar-refractivity contribution is 7.89. The maximum absolute atomic E-state index is 13.4. The van der Waals surface area contributed by atoms with Gasteiger partial charge in [0, 0.05) is 29.6 Å². The Balaban J connectivity index is 1.45. The van der Waals surface area contributed by atoms with Crippen LogP contribution >= 0.6 is 11.3 Å². The number of hydrogen-bond donors (Lipinski definition) is 1. The molecule has 3 heterocycles. The van der Waals surface area contributed by atoms with Gasteiger partial charge < -0.3 is 9.84 Å². The van der Waals surface area contributed by atoms with Gasteiger partial charge in [-0.2, -0.15) is 4.31 Å². The Kier molecular flexibility index (Phi) is 6.83. The van der Waals surface area contributed by atoms with Gasteiger partial charge in [-0.25, -0.2) is 8.42 Å². The molecule has 2 aromatic heterocycles. The lowest BCUT2D eigenvalue weighted by molar-refractivity contribution is -0.120. The SMILES string of the molecule is Cc1cccc(NC(=O)C2CCN(S(=O)(=O)c3c(C)noc3C=Cc3cccs3)CC2)c1C. The molecule has 1 aliphatic rings. The number of anilines is 1. The van der Waals surface area contributed by atoms with Crippen molar-refractivity contribution in [1.29, 1.82) is 0 Å². The number of carbonyl (C=O) groups excluding carboxylic acids is 1. The lowest BCUT2D eigenvalue weighted by atomic mass is 9.97. The van der Waals surface area contributed by atoms with Crippen LogP contribution in [0.2, 0.25) is 0 Å². The summed E-state index contributed by atoms with van der Waals surface area (Å²) in [6, 6.07) is 9.67. The second-order valence-electron chi connectivity index (χ2n) is 8.23. The molecule has 0 unspecified atom stereocenters. The van der Waals surface area contributed by atoms with E-state index in [0.717, 1.165) is 21.7 Å². The van der Waals surface area contributed by atoms with E-state index in [2.05, 4.69) is 10.5 Å². The predicted octanol–water partition coefficient (Wildman–Crippen LogP) is 4.87. The van der Waals surface area contributed by atoms with Gasteiger partial charge in [0.25, 0.3) is 0 Å². The topological polar surface area (TPSA) is 92.5 Å². The summed E-state index contributed by atoms with van der Waals surface area (Å²) < 4.78 is 33.5. The first-order chi connectivity index (χ1) is 15.8. The summed E-state index contributed by atoms with van der Waals surface area (Å²) in [7, 11) is -3.79. The van der Waals surface area contributed by atoms with Crippen molar-refractivity contribution in [3.63, 3.8) is 0 Å². The number of amides is 1. The second kappa shape index (κ2) is 9.62. The van der Waals surface area contributed by atoms with E-state index in [1.807, 2.05) is 55.6 Å². The third-order valence-electron chi connectivity index (χ3n) is 6.06. The summed E-state index contributed by atoms with van der Waals surface area (Å²) in [5.41, 5.74) is 3.28. The highest BCUT2D eigenvalue weighted by Gasteiger charge is 2.36. The normalized spacial score (nSPS) is 15.8. The first kappa shape index (κ1) is 23.4. The molecule has 1 fully saturated rings. The number of sulfonamides is 1. The number of hydrogen-bond acceptors (Lipinski definition) is 6. The number of rotatable bonds is 6. The maximum atomic E-state index is 13.4. The Morgan fingerprint density at radius 2 is 1.91 bits per heavy atom. The molecular formula is C24H27N3O4S2. The van der Waals surface area contributed by atoms with Crippen LogP contribution < -0.4 is 5.32 Å². The quantitative estimate of drug-likeness (QED) is 0.538. The maximum Gasteiger partial charge on any atom is 0.248 e. The van der Waals surface area contributed by atoms with Gasteiger partial charge in [0.1, 0.15) is 5.69 Å². The number of carbonyl (C=O) groups is 1. The number of aromatic nitrogens is 1. The molecule has 1 aromatic carbocycles. The molecule has 33 heavy (non-hydrogen) atoms. The van der Waals surface area contributed by atoms with Crippen LogP contribution in [0.15, 0.2) is 45.1 Å². The van der Waals surface area contributed by atoms with Crippen molar-refractivity contribution in [3.05, 3.63) is 63.2 Å². The zero-order chi connectivity index (χ0) is 23.6. The van der Waals surface area contributed by atoms with Crippen molar-refractivity contribution >= 4 is 45.1 Å². The molecular weight excluding hydrogens is 458 g/mol. The van der Waals surface area contributed by atoms with Crippen LogP contribution in [-0.2, 0) is 14.8 Å². The van der Waals surface area contributed by atoms with E-state index in [1.165, 1.54) is 4.31 Å². The number of aryl methyl sites for hydroxylation is 2. The van der Waals surface area contributed by atoms with Crippen molar-refractivity contribution < 1.29 is 17.7 Å². The molecule has 174 valence electrons. The zero-order valence-corrected chi connectivity index (χ0v) is 20.5.